The largest absolute Gasteiger partial charge is 0.508 e. The number of phenolic OH excluding ortho intramolecular Hbond substituents is 1. The van der Waals surface area contributed by atoms with Crippen molar-refractivity contribution in [2.45, 2.75) is 45.6 Å². The molecule has 4 fully saturated rings. The third kappa shape index (κ3) is 73.5. The summed E-state index contributed by atoms with van der Waals surface area (Å²) >= 11 is 0. The Morgan fingerprint density at radius 2 is 1.03 bits per heavy atom. The Balaban J connectivity index is -0.000000359. The summed E-state index contributed by atoms with van der Waals surface area (Å²) in [5, 5.41) is 58.8. The number of nitrogens with one attached hydrogen (secondary N) is 8. The molecule has 0 amide bonds. The molecule has 6 rings (SSSR count). The summed E-state index contributed by atoms with van der Waals surface area (Å²) < 4.78 is 19.9. The number of anilines is 3. The summed E-state index contributed by atoms with van der Waals surface area (Å²) in [7, 11) is 6.04. The number of aliphatic hydroxyl groups is 3. The van der Waals surface area contributed by atoms with E-state index in [1.165, 1.54) is 32.4 Å². The molecule has 0 aromatic heterocycles. The van der Waals surface area contributed by atoms with Crippen LogP contribution in [0.15, 0.2) is 48.5 Å². The number of aromatic hydroxyl groups is 1. The van der Waals surface area contributed by atoms with E-state index in [-0.39, 0.29) is 31.6 Å². The van der Waals surface area contributed by atoms with E-state index in [2.05, 4.69) is 61.4 Å². The lowest BCUT2D eigenvalue weighted by Gasteiger charge is -2.21. The van der Waals surface area contributed by atoms with E-state index in [4.69, 9.17) is 68.0 Å². The van der Waals surface area contributed by atoms with Crippen molar-refractivity contribution in [3.8, 4) is 5.75 Å². The highest BCUT2D eigenvalue weighted by Gasteiger charge is 2.01. The number of nitrogen functional groups attached to an aromatic ring is 3. The zero-order valence-corrected chi connectivity index (χ0v) is 45.6. The fourth-order valence-electron chi connectivity index (χ4n) is 4.90. The van der Waals surface area contributed by atoms with Crippen molar-refractivity contribution in [1.82, 2.24) is 47.4 Å². The van der Waals surface area contributed by atoms with Crippen LogP contribution < -0.4 is 71.2 Å². The standard InChI is InChI=1S/C8H19NO2.C6H8N2.C6H7NO.C5H12N2.C5H11NO.C4H10N2.C4H12N2.C4H11NO2.C4H9NO.C4H11NO/c1-2-3-4-9-5-7-11-8-6-10;7-5-1-2-6(8)4-3-5;7-5-1-3-6(8)4-2-5;1-7-4-2-6-3-5-7;1-2-6-3-5-7-4-1;1-2-6-4-3-5-1;1-5-3-4-6-2;5-1-3-7-4-2-6;1-3-6-4-2-5-1;1-2-4(5)3-6/h9-10H,2-8H2,1H3;1-4H,7-8H2;1-4,8H,7H2;6H,2-5H2,1H3;6H,1-5H2;5-6H,1-4H2;5-6H,3-4H2,1-2H3;6H,1-5H2;5H,1-4H2;4,6H,2-3,5H2,1H3/t;;;;;;;;;4-/m.........0/s1. The van der Waals surface area contributed by atoms with Gasteiger partial charge in [-0.05, 0) is 102 Å². The molecule has 0 aliphatic carbocycles. The second-order valence-electron chi connectivity index (χ2n) is 16.0. The van der Waals surface area contributed by atoms with Gasteiger partial charge in [-0.3, -0.25) is 0 Å². The molecule has 4 aliphatic rings. The van der Waals surface area contributed by atoms with Gasteiger partial charge in [-0.25, -0.2) is 0 Å². The molecule has 0 bridgehead atoms. The van der Waals surface area contributed by atoms with Crippen LogP contribution in [0.25, 0.3) is 0 Å². The van der Waals surface area contributed by atoms with E-state index < -0.39 is 0 Å². The number of nitrogens with zero attached hydrogens (tertiary/aromatic N) is 1. The number of likely N-dealkylation sites (N-methyl/N-ethyl adjacent to an activating group) is 3. The van der Waals surface area contributed by atoms with Gasteiger partial charge in [0.1, 0.15) is 5.75 Å². The predicted molar refractivity (Wildman–Crippen MR) is 302 cm³/mol. The van der Waals surface area contributed by atoms with Crippen LogP contribution in [0.5, 0.6) is 5.75 Å². The molecular weight excluding hydrogens is 925 g/mol. The number of rotatable bonds is 17. The van der Waals surface area contributed by atoms with Crippen LogP contribution in [-0.4, -0.2) is 236 Å². The first-order valence-corrected chi connectivity index (χ1v) is 26.0. The highest BCUT2D eigenvalue weighted by Crippen LogP contribution is 2.09. The molecule has 4 saturated heterocycles. The monoisotopic (exact) mass is 1030 g/mol. The number of unbranched alkanes of at least 4 members (excludes halogenated alkanes) is 1. The average Bonchev–Trinajstić information content (AvgIpc) is 3.76. The first kappa shape index (κ1) is 75.4. The molecule has 428 valence electrons. The number of ether oxygens (including phenoxy) is 4. The van der Waals surface area contributed by atoms with Gasteiger partial charge in [0, 0.05) is 128 Å². The van der Waals surface area contributed by atoms with Gasteiger partial charge >= 0.3 is 0 Å². The maximum Gasteiger partial charge on any atom is 0.115 e. The molecule has 72 heavy (non-hydrogen) atoms. The summed E-state index contributed by atoms with van der Waals surface area (Å²) in [6, 6.07) is 13.5. The van der Waals surface area contributed by atoms with Crippen molar-refractivity contribution < 1.29 is 39.4 Å². The lowest BCUT2D eigenvalue weighted by Crippen LogP contribution is -2.40. The minimum Gasteiger partial charge on any atom is -0.508 e. The third-order valence-corrected chi connectivity index (χ3v) is 9.29. The Morgan fingerprint density at radius 3 is 1.38 bits per heavy atom. The number of morpholine rings is 1. The van der Waals surface area contributed by atoms with E-state index in [1.54, 1.807) is 48.5 Å². The zero-order chi connectivity index (χ0) is 54.2. The second-order valence-corrected chi connectivity index (χ2v) is 16.0. The number of piperazine rings is 2. The molecule has 22 N–H and O–H groups in total. The van der Waals surface area contributed by atoms with Crippen LogP contribution in [0.4, 0.5) is 17.1 Å². The number of aliphatic hydroxyl groups excluding tert-OH is 3. The maximum atomic E-state index is 8.70. The first-order valence-electron chi connectivity index (χ1n) is 26.0. The summed E-state index contributed by atoms with van der Waals surface area (Å²) in [6.07, 6.45) is 4.47. The molecule has 0 unspecified atom stereocenters. The average molecular weight is 1040 g/mol. The highest BCUT2D eigenvalue weighted by molar-refractivity contribution is 5.47. The number of nitrogens with two attached hydrogens (primary N) is 5. The Morgan fingerprint density at radius 1 is 0.597 bits per heavy atom. The Kier molecular flexibility index (Phi) is 71.2. The molecule has 0 spiro atoms. The van der Waals surface area contributed by atoms with Crippen molar-refractivity contribution in [2.24, 2.45) is 11.5 Å². The van der Waals surface area contributed by atoms with Crippen LogP contribution in [0.2, 0.25) is 0 Å². The fraction of sp³-hybridized carbons (Fsp3) is 0.760. The molecular formula is C50H110N14O8. The van der Waals surface area contributed by atoms with Gasteiger partial charge in [-0.2, -0.15) is 0 Å². The number of phenols is 1. The smallest absolute Gasteiger partial charge is 0.115 e. The van der Waals surface area contributed by atoms with Gasteiger partial charge in [0.25, 0.3) is 0 Å². The Labute approximate surface area is 436 Å². The van der Waals surface area contributed by atoms with Gasteiger partial charge in [-0.15, -0.1) is 0 Å². The number of hydrogen-bond acceptors (Lipinski definition) is 22. The third-order valence-electron chi connectivity index (χ3n) is 9.29. The molecule has 4 aliphatic heterocycles. The van der Waals surface area contributed by atoms with Crippen molar-refractivity contribution in [1.29, 1.82) is 0 Å². The fourth-order valence-corrected chi connectivity index (χ4v) is 4.90. The molecule has 0 radical (unpaired) electrons. The minimum atomic E-state index is -0.00926. The van der Waals surface area contributed by atoms with Crippen molar-refractivity contribution in [3.05, 3.63) is 48.5 Å². The molecule has 1 atom stereocenters. The lowest BCUT2D eigenvalue weighted by molar-refractivity contribution is 0.0939. The van der Waals surface area contributed by atoms with Crippen molar-refractivity contribution in [2.75, 3.05) is 222 Å². The maximum absolute atomic E-state index is 8.70. The number of hydrogen-bond donors (Lipinski definition) is 17. The van der Waals surface area contributed by atoms with E-state index in [0.29, 0.717) is 38.7 Å². The van der Waals surface area contributed by atoms with Crippen molar-refractivity contribution in [3.63, 3.8) is 0 Å². The van der Waals surface area contributed by atoms with E-state index in [0.717, 1.165) is 136 Å². The molecule has 4 heterocycles. The van der Waals surface area contributed by atoms with Gasteiger partial charge in [0.15, 0.2) is 0 Å². The van der Waals surface area contributed by atoms with Gasteiger partial charge in [-0.1, -0.05) is 20.3 Å². The SMILES string of the molecule is C1CNCCN1.C1CNCCOC1.C1COCCN1.CCCCNCCOCCO.CC[C@H](N)CO.CN1CCNCC1.CNCCNC.NCCOCCO.Nc1ccc(N)cc1.Nc1ccc(O)cc1. The predicted octanol–water partition coefficient (Wildman–Crippen LogP) is -1.39. The quantitative estimate of drug-likeness (QED) is 0.0493. The molecule has 2 aromatic rings. The lowest BCUT2D eigenvalue weighted by atomic mass is 10.3. The molecule has 0 saturated carbocycles. The zero-order valence-electron chi connectivity index (χ0n) is 45.6. The van der Waals surface area contributed by atoms with E-state index in [1.807, 2.05) is 21.0 Å². The van der Waals surface area contributed by atoms with E-state index >= 15 is 0 Å². The molecule has 22 heteroatoms. The van der Waals surface area contributed by atoms with Crippen LogP contribution in [-0.2, 0) is 18.9 Å². The normalized spacial score (nSPS) is 15.2. The highest BCUT2D eigenvalue weighted by atomic mass is 16.5. The molecule has 22 nitrogen and oxygen atoms in total. The summed E-state index contributed by atoms with van der Waals surface area (Å²) in [5.74, 6) is 0.249. The minimum absolute atomic E-state index is 0.00926. The van der Waals surface area contributed by atoms with Crippen LogP contribution in [0, 0.1) is 0 Å². The summed E-state index contributed by atoms with van der Waals surface area (Å²) in [5.41, 5.74) is 28.5. The van der Waals surface area contributed by atoms with Gasteiger partial charge < -0.3 is 115 Å². The van der Waals surface area contributed by atoms with Gasteiger partial charge in [0.2, 0.25) is 0 Å². The number of benzene rings is 2. The first-order chi connectivity index (χ1) is 35.0. The Bertz CT molecular complexity index is 1070. The van der Waals surface area contributed by atoms with Crippen LogP contribution in [0.3, 0.4) is 0 Å². The van der Waals surface area contributed by atoms with E-state index in [9.17, 15) is 0 Å². The Hall–Kier alpha value is -3.08. The second kappa shape index (κ2) is 67.9. The van der Waals surface area contributed by atoms with Crippen molar-refractivity contribution >= 4 is 17.1 Å². The molecule has 2 aromatic carbocycles. The summed E-state index contributed by atoms with van der Waals surface area (Å²) in [6.45, 7) is 28.2. The van der Waals surface area contributed by atoms with Gasteiger partial charge in [0.05, 0.1) is 66.1 Å². The topological polar surface area (TPSA) is 347 Å². The van der Waals surface area contributed by atoms with Crippen LogP contribution in [0.1, 0.15) is 39.5 Å². The van der Waals surface area contributed by atoms with Crippen LogP contribution >= 0.6 is 0 Å². The summed E-state index contributed by atoms with van der Waals surface area (Å²) in [4.78, 5) is 2.33.